The SMILES string of the molecule is CCc1cc2cc(C)c(C)cc2[nH]c1=O. The van der Waals surface area contributed by atoms with Crippen molar-refractivity contribution >= 4 is 10.9 Å². The summed E-state index contributed by atoms with van der Waals surface area (Å²) in [5, 5.41) is 1.12. The van der Waals surface area contributed by atoms with Crippen LogP contribution in [0.25, 0.3) is 10.9 Å². The zero-order valence-corrected chi connectivity index (χ0v) is 9.35. The van der Waals surface area contributed by atoms with E-state index in [1.165, 1.54) is 11.1 Å². The van der Waals surface area contributed by atoms with Gasteiger partial charge in [0.2, 0.25) is 0 Å². The van der Waals surface area contributed by atoms with Crippen molar-refractivity contribution < 1.29 is 0 Å². The van der Waals surface area contributed by atoms with Gasteiger partial charge in [0, 0.05) is 11.1 Å². The van der Waals surface area contributed by atoms with E-state index in [4.69, 9.17) is 0 Å². The average Bonchev–Trinajstić information content (AvgIpc) is 2.20. The summed E-state index contributed by atoms with van der Waals surface area (Å²) >= 11 is 0. The Bertz CT molecular complexity index is 566. The number of benzene rings is 1. The highest BCUT2D eigenvalue weighted by atomic mass is 16.1. The highest BCUT2D eigenvalue weighted by molar-refractivity contribution is 5.80. The predicted molar refractivity (Wildman–Crippen MR) is 63.4 cm³/mol. The van der Waals surface area contributed by atoms with Crippen molar-refractivity contribution in [3.8, 4) is 0 Å². The number of hydrogen-bond acceptors (Lipinski definition) is 1. The molecule has 15 heavy (non-hydrogen) atoms. The highest BCUT2D eigenvalue weighted by Crippen LogP contribution is 2.17. The van der Waals surface area contributed by atoms with Crippen LogP contribution in [-0.2, 0) is 6.42 Å². The summed E-state index contributed by atoms with van der Waals surface area (Å²) in [6.45, 7) is 6.14. The normalized spacial score (nSPS) is 10.9. The van der Waals surface area contributed by atoms with Gasteiger partial charge in [-0.3, -0.25) is 4.79 Å². The number of nitrogens with one attached hydrogen (secondary N) is 1. The van der Waals surface area contributed by atoms with Crippen LogP contribution >= 0.6 is 0 Å². The van der Waals surface area contributed by atoms with Crippen LogP contribution in [0, 0.1) is 13.8 Å². The van der Waals surface area contributed by atoms with Crippen LogP contribution < -0.4 is 5.56 Å². The molecule has 0 spiro atoms. The summed E-state index contributed by atoms with van der Waals surface area (Å²) in [5.74, 6) is 0. The maximum atomic E-state index is 11.6. The number of H-pyrrole nitrogens is 1. The maximum Gasteiger partial charge on any atom is 0.251 e. The van der Waals surface area contributed by atoms with Gasteiger partial charge in [-0.05, 0) is 55.0 Å². The second-order valence-electron chi connectivity index (χ2n) is 4.00. The summed E-state index contributed by atoms with van der Waals surface area (Å²) in [6.07, 6.45) is 0.776. The van der Waals surface area contributed by atoms with Crippen molar-refractivity contribution in [3.63, 3.8) is 0 Å². The molecule has 1 aromatic carbocycles. The quantitative estimate of drug-likeness (QED) is 0.756. The Kier molecular flexibility index (Phi) is 2.35. The number of pyridine rings is 1. The zero-order chi connectivity index (χ0) is 11.0. The third kappa shape index (κ3) is 1.67. The number of aryl methyl sites for hydroxylation is 3. The third-order valence-corrected chi connectivity index (χ3v) is 2.92. The number of hydrogen-bond donors (Lipinski definition) is 1. The minimum atomic E-state index is 0.0354. The number of aromatic nitrogens is 1. The molecular weight excluding hydrogens is 186 g/mol. The maximum absolute atomic E-state index is 11.6. The van der Waals surface area contributed by atoms with E-state index in [2.05, 4.69) is 24.9 Å². The summed E-state index contributed by atoms with van der Waals surface area (Å²) in [5.41, 5.74) is 4.29. The van der Waals surface area contributed by atoms with Gasteiger partial charge in [0.15, 0.2) is 0 Å². The Morgan fingerprint density at radius 1 is 1.13 bits per heavy atom. The molecule has 2 aromatic rings. The first-order valence-corrected chi connectivity index (χ1v) is 5.25. The van der Waals surface area contributed by atoms with E-state index >= 15 is 0 Å². The van der Waals surface area contributed by atoms with E-state index in [0.717, 1.165) is 22.9 Å². The van der Waals surface area contributed by atoms with Crippen LogP contribution in [0.2, 0.25) is 0 Å². The zero-order valence-electron chi connectivity index (χ0n) is 9.35. The minimum absolute atomic E-state index is 0.0354. The summed E-state index contributed by atoms with van der Waals surface area (Å²) < 4.78 is 0. The van der Waals surface area contributed by atoms with Crippen molar-refractivity contribution in [2.24, 2.45) is 0 Å². The molecule has 78 valence electrons. The van der Waals surface area contributed by atoms with Crippen LogP contribution in [0.15, 0.2) is 23.0 Å². The first kappa shape index (κ1) is 9.97. The molecule has 2 heteroatoms. The number of aromatic amines is 1. The lowest BCUT2D eigenvalue weighted by molar-refractivity contribution is 1.08. The Morgan fingerprint density at radius 3 is 2.47 bits per heavy atom. The second-order valence-corrected chi connectivity index (χ2v) is 4.00. The average molecular weight is 201 g/mol. The molecule has 0 saturated heterocycles. The molecule has 0 bridgehead atoms. The molecule has 1 aromatic heterocycles. The summed E-state index contributed by atoms with van der Waals surface area (Å²) in [4.78, 5) is 14.5. The van der Waals surface area contributed by atoms with E-state index in [-0.39, 0.29) is 5.56 Å². The van der Waals surface area contributed by atoms with Gasteiger partial charge in [-0.1, -0.05) is 6.92 Å². The molecule has 0 amide bonds. The van der Waals surface area contributed by atoms with Gasteiger partial charge in [-0.25, -0.2) is 0 Å². The van der Waals surface area contributed by atoms with Gasteiger partial charge < -0.3 is 4.98 Å². The molecule has 2 nitrogen and oxygen atoms in total. The van der Waals surface area contributed by atoms with Crippen LogP contribution in [0.3, 0.4) is 0 Å². The lowest BCUT2D eigenvalue weighted by Crippen LogP contribution is -2.11. The van der Waals surface area contributed by atoms with Gasteiger partial charge >= 0.3 is 0 Å². The molecule has 0 aliphatic carbocycles. The Morgan fingerprint density at radius 2 is 1.80 bits per heavy atom. The largest absolute Gasteiger partial charge is 0.322 e. The van der Waals surface area contributed by atoms with Crippen LogP contribution in [0.4, 0.5) is 0 Å². The van der Waals surface area contributed by atoms with Gasteiger partial charge in [0.25, 0.3) is 5.56 Å². The fourth-order valence-corrected chi connectivity index (χ4v) is 1.78. The fraction of sp³-hybridized carbons (Fsp3) is 0.308. The van der Waals surface area contributed by atoms with Gasteiger partial charge in [-0.2, -0.15) is 0 Å². The fourth-order valence-electron chi connectivity index (χ4n) is 1.78. The van der Waals surface area contributed by atoms with E-state index in [0.29, 0.717) is 0 Å². The third-order valence-electron chi connectivity index (χ3n) is 2.92. The minimum Gasteiger partial charge on any atom is -0.322 e. The molecule has 0 aliphatic heterocycles. The molecule has 0 unspecified atom stereocenters. The smallest absolute Gasteiger partial charge is 0.251 e. The Hall–Kier alpha value is -1.57. The first-order valence-electron chi connectivity index (χ1n) is 5.25. The lowest BCUT2D eigenvalue weighted by atomic mass is 10.0. The van der Waals surface area contributed by atoms with Crippen LogP contribution in [0.1, 0.15) is 23.6 Å². The van der Waals surface area contributed by atoms with E-state index in [1.807, 2.05) is 19.1 Å². The topological polar surface area (TPSA) is 32.9 Å². The monoisotopic (exact) mass is 201 g/mol. The van der Waals surface area contributed by atoms with Crippen molar-refractivity contribution in [1.82, 2.24) is 4.98 Å². The highest BCUT2D eigenvalue weighted by Gasteiger charge is 2.02. The molecular formula is C13H15NO. The predicted octanol–water partition coefficient (Wildman–Crippen LogP) is 2.71. The molecule has 1 heterocycles. The van der Waals surface area contributed by atoms with E-state index in [9.17, 15) is 4.79 Å². The lowest BCUT2D eigenvalue weighted by Gasteiger charge is -2.05. The van der Waals surface area contributed by atoms with Gasteiger partial charge in [0.1, 0.15) is 0 Å². The van der Waals surface area contributed by atoms with Crippen molar-refractivity contribution in [3.05, 3.63) is 45.2 Å². The summed E-state index contributed by atoms with van der Waals surface area (Å²) in [7, 11) is 0. The molecule has 0 aliphatic rings. The molecule has 0 atom stereocenters. The van der Waals surface area contributed by atoms with Crippen molar-refractivity contribution in [2.45, 2.75) is 27.2 Å². The summed E-state index contributed by atoms with van der Waals surface area (Å²) in [6, 6.07) is 6.14. The van der Waals surface area contributed by atoms with Gasteiger partial charge in [-0.15, -0.1) is 0 Å². The molecule has 0 fully saturated rings. The number of rotatable bonds is 1. The Balaban J connectivity index is 2.82. The van der Waals surface area contributed by atoms with Crippen molar-refractivity contribution in [2.75, 3.05) is 0 Å². The van der Waals surface area contributed by atoms with Crippen LogP contribution in [-0.4, -0.2) is 4.98 Å². The molecule has 2 rings (SSSR count). The van der Waals surface area contributed by atoms with Crippen LogP contribution in [0.5, 0.6) is 0 Å². The molecule has 0 saturated carbocycles. The first-order chi connectivity index (χ1) is 7.11. The number of fused-ring (bicyclic) bond motifs is 1. The van der Waals surface area contributed by atoms with Crippen molar-refractivity contribution in [1.29, 1.82) is 0 Å². The Labute approximate surface area is 89.0 Å². The molecule has 0 radical (unpaired) electrons. The standard InChI is InChI=1S/C13H15NO/c1-4-10-7-11-5-8(2)9(3)6-12(11)14-13(10)15/h5-7H,4H2,1-3H3,(H,14,15). The second kappa shape index (κ2) is 3.54. The molecule has 1 N–H and O–H groups in total. The van der Waals surface area contributed by atoms with E-state index in [1.54, 1.807) is 0 Å². The van der Waals surface area contributed by atoms with Gasteiger partial charge in [0.05, 0.1) is 0 Å². The van der Waals surface area contributed by atoms with E-state index < -0.39 is 0 Å².